The highest BCUT2D eigenvalue weighted by atomic mass is 16.5. The second-order valence-corrected chi connectivity index (χ2v) is 6.69. The second-order valence-electron chi connectivity index (χ2n) is 6.69. The summed E-state index contributed by atoms with van der Waals surface area (Å²) >= 11 is 0. The fourth-order valence-electron chi connectivity index (χ4n) is 3.46. The third-order valence-electron chi connectivity index (χ3n) is 4.97. The predicted octanol–water partition coefficient (Wildman–Crippen LogP) is 2.41. The first kappa shape index (κ1) is 20.2. The number of ketones is 1. The van der Waals surface area contributed by atoms with E-state index in [-0.39, 0.29) is 23.5 Å². The van der Waals surface area contributed by atoms with Crippen LogP contribution in [-0.4, -0.2) is 60.0 Å². The molecule has 1 amide bonds. The van der Waals surface area contributed by atoms with E-state index >= 15 is 0 Å². The molecule has 1 aromatic heterocycles. The monoisotopic (exact) mass is 364 g/mol. The van der Waals surface area contributed by atoms with Crippen LogP contribution in [0.25, 0.3) is 0 Å². The van der Waals surface area contributed by atoms with Gasteiger partial charge in [-0.2, -0.15) is 0 Å². The van der Waals surface area contributed by atoms with Gasteiger partial charge in [0.2, 0.25) is 5.91 Å². The summed E-state index contributed by atoms with van der Waals surface area (Å²) < 4.78 is 10.4. The quantitative estimate of drug-likeness (QED) is 0.593. The lowest BCUT2D eigenvalue weighted by Crippen LogP contribution is -2.46. The van der Waals surface area contributed by atoms with Crippen molar-refractivity contribution in [3.63, 3.8) is 0 Å². The summed E-state index contributed by atoms with van der Waals surface area (Å²) in [7, 11) is 1.30. The molecular formula is C19H28N2O5. The maximum Gasteiger partial charge on any atom is 0.354 e. The molecule has 0 aromatic carbocycles. The minimum absolute atomic E-state index is 0.0280. The van der Waals surface area contributed by atoms with Gasteiger partial charge in [0.1, 0.15) is 5.69 Å². The zero-order chi connectivity index (χ0) is 19.4. The van der Waals surface area contributed by atoms with Gasteiger partial charge < -0.3 is 19.4 Å². The average molecular weight is 364 g/mol. The van der Waals surface area contributed by atoms with E-state index < -0.39 is 12.0 Å². The van der Waals surface area contributed by atoms with Gasteiger partial charge >= 0.3 is 5.97 Å². The van der Waals surface area contributed by atoms with Crippen molar-refractivity contribution < 1.29 is 23.9 Å². The van der Waals surface area contributed by atoms with E-state index in [1.165, 1.54) is 7.11 Å². The molecule has 1 fully saturated rings. The Labute approximate surface area is 154 Å². The molecule has 2 rings (SSSR count). The van der Waals surface area contributed by atoms with E-state index in [1.807, 2.05) is 0 Å². The molecule has 1 N–H and O–H groups in total. The SMILES string of the molecule is CCC(=O)N(C[C@H]1CCCO1)[C@H](C)C(=O)c1c(C)[nH]c(C(=O)OC)c1C. The standard InChI is InChI=1S/C19H28N2O5/c1-6-15(22)21(10-14-8-7-9-26-14)13(4)18(23)16-11(2)17(19(24)25-5)20-12(16)3/h13-14,20H,6-10H2,1-5H3/t13-,14-/m1/s1. The summed E-state index contributed by atoms with van der Waals surface area (Å²) in [6.45, 7) is 8.07. The molecular weight excluding hydrogens is 336 g/mol. The number of hydrogen-bond donors (Lipinski definition) is 1. The number of carbonyl (C=O) groups excluding carboxylic acids is 3. The third kappa shape index (κ3) is 3.98. The van der Waals surface area contributed by atoms with Crippen molar-refractivity contribution in [2.75, 3.05) is 20.3 Å². The number of aromatic amines is 1. The Balaban J connectivity index is 2.29. The molecule has 2 atom stereocenters. The summed E-state index contributed by atoms with van der Waals surface area (Å²) in [5.74, 6) is -0.787. The van der Waals surface area contributed by atoms with E-state index in [9.17, 15) is 14.4 Å². The summed E-state index contributed by atoms with van der Waals surface area (Å²) in [5, 5.41) is 0. The van der Waals surface area contributed by atoms with Crippen LogP contribution in [0, 0.1) is 13.8 Å². The molecule has 144 valence electrons. The number of Topliss-reactive ketones (excluding diaryl/α,β-unsaturated/α-hetero) is 1. The highest BCUT2D eigenvalue weighted by Gasteiger charge is 2.32. The molecule has 1 aromatic rings. The molecule has 1 aliphatic heterocycles. The maximum absolute atomic E-state index is 13.1. The Bertz CT molecular complexity index is 688. The number of carbonyl (C=O) groups is 3. The number of amides is 1. The highest BCUT2D eigenvalue weighted by molar-refractivity contribution is 6.06. The molecule has 26 heavy (non-hydrogen) atoms. The lowest BCUT2D eigenvalue weighted by atomic mass is 9.99. The maximum atomic E-state index is 13.1. The van der Waals surface area contributed by atoms with Crippen LogP contribution < -0.4 is 0 Å². The lowest BCUT2D eigenvalue weighted by molar-refractivity contribution is -0.133. The molecule has 0 aliphatic carbocycles. The Morgan fingerprint density at radius 1 is 1.35 bits per heavy atom. The first-order valence-corrected chi connectivity index (χ1v) is 9.04. The summed E-state index contributed by atoms with van der Waals surface area (Å²) in [5.41, 5.74) is 1.86. The van der Waals surface area contributed by atoms with Gasteiger partial charge in [0.05, 0.1) is 19.3 Å². The van der Waals surface area contributed by atoms with Gasteiger partial charge in [0.15, 0.2) is 5.78 Å². The number of hydrogen-bond acceptors (Lipinski definition) is 5. The minimum atomic E-state index is -0.634. The average Bonchev–Trinajstić information content (AvgIpc) is 3.24. The smallest absolute Gasteiger partial charge is 0.354 e. The fraction of sp³-hybridized carbons (Fsp3) is 0.632. The molecule has 0 unspecified atom stereocenters. The highest BCUT2D eigenvalue weighted by Crippen LogP contribution is 2.23. The Morgan fingerprint density at radius 2 is 2.04 bits per heavy atom. The number of esters is 1. The minimum Gasteiger partial charge on any atom is -0.464 e. The molecule has 0 spiro atoms. The third-order valence-corrected chi connectivity index (χ3v) is 4.97. The van der Waals surface area contributed by atoms with E-state index in [0.717, 1.165) is 12.8 Å². The number of rotatable bonds is 7. The Morgan fingerprint density at radius 3 is 2.58 bits per heavy atom. The first-order chi connectivity index (χ1) is 12.3. The molecule has 0 radical (unpaired) electrons. The number of ether oxygens (including phenoxy) is 2. The van der Waals surface area contributed by atoms with Crippen molar-refractivity contribution >= 4 is 17.7 Å². The van der Waals surface area contributed by atoms with E-state index in [0.29, 0.717) is 36.4 Å². The second kappa shape index (κ2) is 8.49. The van der Waals surface area contributed by atoms with Crippen molar-refractivity contribution in [2.45, 2.75) is 59.1 Å². The van der Waals surface area contributed by atoms with Crippen LogP contribution in [0.5, 0.6) is 0 Å². The van der Waals surface area contributed by atoms with Gasteiger partial charge in [0.25, 0.3) is 0 Å². The summed E-state index contributed by atoms with van der Waals surface area (Å²) in [6.07, 6.45) is 2.16. The van der Waals surface area contributed by atoms with E-state index in [4.69, 9.17) is 9.47 Å². The number of aromatic nitrogens is 1. The molecule has 7 heteroatoms. The van der Waals surface area contributed by atoms with Crippen molar-refractivity contribution in [1.29, 1.82) is 0 Å². The van der Waals surface area contributed by atoms with Gasteiger partial charge in [0, 0.05) is 30.8 Å². The van der Waals surface area contributed by atoms with Crippen molar-refractivity contribution in [3.8, 4) is 0 Å². The zero-order valence-corrected chi connectivity index (χ0v) is 16.2. The zero-order valence-electron chi connectivity index (χ0n) is 16.2. The molecule has 1 saturated heterocycles. The number of methoxy groups -OCH3 is 1. The molecule has 1 aliphatic rings. The van der Waals surface area contributed by atoms with E-state index in [1.54, 1.807) is 32.6 Å². The van der Waals surface area contributed by atoms with Crippen LogP contribution in [0.1, 0.15) is 65.2 Å². The number of nitrogens with zero attached hydrogens (tertiary/aromatic N) is 1. The fourth-order valence-corrected chi connectivity index (χ4v) is 3.46. The van der Waals surface area contributed by atoms with Crippen LogP contribution in [-0.2, 0) is 14.3 Å². The predicted molar refractivity (Wildman–Crippen MR) is 96.4 cm³/mol. The topological polar surface area (TPSA) is 88.7 Å². The lowest BCUT2D eigenvalue weighted by Gasteiger charge is -2.30. The van der Waals surface area contributed by atoms with Crippen LogP contribution in [0.3, 0.4) is 0 Å². The summed E-state index contributed by atoms with van der Waals surface area (Å²) in [4.78, 5) is 42.0. The van der Waals surface area contributed by atoms with Gasteiger partial charge in [-0.25, -0.2) is 4.79 Å². The van der Waals surface area contributed by atoms with Crippen molar-refractivity contribution in [3.05, 3.63) is 22.5 Å². The number of nitrogens with one attached hydrogen (secondary N) is 1. The van der Waals surface area contributed by atoms with Gasteiger partial charge in [-0.15, -0.1) is 0 Å². The van der Waals surface area contributed by atoms with Crippen LogP contribution in [0.4, 0.5) is 0 Å². The van der Waals surface area contributed by atoms with Crippen molar-refractivity contribution in [1.82, 2.24) is 9.88 Å². The van der Waals surface area contributed by atoms with Crippen LogP contribution >= 0.6 is 0 Å². The molecule has 2 heterocycles. The van der Waals surface area contributed by atoms with Crippen molar-refractivity contribution in [2.24, 2.45) is 0 Å². The Kier molecular flexibility index (Phi) is 6.58. The van der Waals surface area contributed by atoms with Gasteiger partial charge in [-0.3, -0.25) is 9.59 Å². The van der Waals surface area contributed by atoms with Gasteiger partial charge in [-0.05, 0) is 39.2 Å². The first-order valence-electron chi connectivity index (χ1n) is 9.04. The Hall–Kier alpha value is -2.15. The van der Waals surface area contributed by atoms with E-state index in [2.05, 4.69) is 4.98 Å². The summed E-state index contributed by atoms with van der Waals surface area (Å²) in [6, 6.07) is -0.634. The molecule has 0 saturated carbocycles. The van der Waals surface area contributed by atoms with Crippen LogP contribution in [0.15, 0.2) is 0 Å². The van der Waals surface area contributed by atoms with Gasteiger partial charge in [-0.1, -0.05) is 6.92 Å². The number of H-pyrrole nitrogens is 1. The van der Waals surface area contributed by atoms with Crippen LogP contribution in [0.2, 0.25) is 0 Å². The molecule has 7 nitrogen and oxygen atoms in total. The number of aryl methyl sites for hydroxylation is 1. The normalized spacial score (nSPS) is 17.8. The molecule has 0 bridgehead atoms. The largest absolute Gasteiger partial charge is 0.464 e.